The van der Waals surface area contributed by atoms with Gasteiger partial charge in [-0.3, -0.25) is 4.79 Å². The summed E-state index contributed by atoms with van der Waals surface area (Å²) < 4.78 is 0. The molecule has 0 bridgehead atoms. The molecule has 0 unspecified atom stereocenters. The Kier molecular flexibility index (Phi) is 2.78. The van der Waals surface area contributed by atoms with Gasteiger partial charge in [-0.2, -0.15) is 0 Å². The van der Waals surface area contributed by atoms with Crippen molar-refractivity contribution in [2.24, 2.45) is 23.2 Å². The molecule has 0 N–H and O–H groups in total. The van der Waals surface area contributed by atoms with Gasteiger partial charge in [0.15, 0.2) is 5.78 Å². The highest BCUT2D eigenvalue weighted by atomic mass is 16.1. The summed E-state index contributed by atoms with van der Waals surface area (Å²) in [4.78, 5) is 11.7. The number of hydrogen-bond donors (Lipinski definition) is 0. The van der Waals surface area contributed by atoms with Crippen LogP contribution in [0.25, 0.3) is 0 Å². The van der Waals surface area contributed by atoms with Gasteiger partial charge in [-0.25, -0.2) is 0 Å². The van der Waals surface area contributed by atoms with Crippen LogP contribution in [0.5, 0.6) is 0 Å². The number of hydrogen-bond acceptors (Lipinski definition) is 1. The molecule has 0 spiro atoms. The van der Waals surface area contributed by atoms with Crippen molar-refractivity contribution in [1.82, 2.24) is 0 Å². The zero-order valence-corrected chi connectivity index (χ0v) is 12.9. The maximum absolute atomic E-state index is 11.7. The lowest BCUT2D eigenvalue weighted by Gasteiger charge is -2.46. The van der Waals surface area contributed by atoms with Crippen LogP contribution in [0, 0.1) is 23.2 Å². The van der Waals surface area contributed by atoms with Crippen molar-refractivity contribution in [3.8, 4) is 0 Å². The molecule has 0 aromatic rings. The van der Waals surface area contributed by atoms with Gasteiger partial charge >= 0.3 is 0 Å². The van der Waals surface area contributed by atoms with Crippen molar-refractivity contribution in [3.05, 3.63) is 22.8 Å². The second kappa shape index (κ2) is 4.32. The van der Waals surface area contributed by atoms with E-state index >= 15 is 0 Å². The monoisotopic (exact) mass is 270 g/mol. The normalized spacial score (nSPS) is 39.0. The Labute approximate surface area is 122 Å². The van der Waals surface area contributed by atoms with Gasteiger partial charge < -0.3 is 0 Å². The van der Waals surface area contributed by atoms with Crippen LogP contribution in [0.1, 0.15) is 65.2 Å². The summed E-state index contributed by atoms with van der Waals surface area (Å²) in [6.45, 7) is 4.90. The molecule has 20 heavy (non-hydrogen) atoms. The lowest BCUT2D eigenvalue weighted by molar-refractivity contribution is -0.115. The number of carbonyl (C=O) groups is 1. The molecule has 108 valence electrons. The van der Waals surface area contributed by atoms with Crippen LogP contribution in [-0.2, 0) is 4.79 Å². The Morgan fingerprint density at radius 2 is 1.80 bits per heavy atom. The van der Waals surface area contributed by atoms with Gasteiger partial charge in [0, 0.05) is 6.42 Å². The van der Waals surface area contributed by atoms with Crippen LogP contribution in [0.15, 0.2) is 22.8 Å². The van der Waals surface area contributed by atoms with Crippen LogP contribution in [0.2, 0.25) is 0 Å². The summed E-state index contributed by atoms with van der Waals surface area (Å²) in [5.41, 5.74) is 5.64. The summed E-state index contributed by atoms with van der Waals surface area (Å²) in [6, 6.07) is 0. The minimum absolute atomic E-state index is 0.382. The molecule has 1 heteroatoms. The third-order valence-corrected chi connectivity index (χ3v) is 6.70. The van der Waals surface area contributed by atoms with Gasteiger partial charge in [-0.05, 0) is 74.2 Å². The Hall–Kier alpha value is -0.850. The molecule has 0 radical (unpaired) electrons. The van der Waals surface area contributed by atoms with Crippen LogP contribution in [0.3, 0.4) is 0 Å². The first-order valence-electron chi connectivity index (χ1n) is 8.52. The lowest BCUT2D eigenvalue weighted by Crippen LogP contribution is -2.36. The highest BCUT2D eigenvalue weighted by molar-refractivity contribution is 5.91. The predicted molar refractivity (Wildman–Crippen MR) is 81.3 cm³/mol. The van der Waals surface area contributed by atoms with Gasteiger partial charge in [0.05, 0.1) is 0 Å². The minimum Gasteiger partial charge on any atom is -0.295 e. The number of carbonyl (C=O) groups excluding carboxylic acids is 1. The Morgan fingerprint density at radius 1 is 1.00 bits per heavy atom. The predicted octanol–water partition coefficient (Wildman–Crippen LogP) is 4.83. The summed E-state index contributed by atoms with van der Waals surface area (Å²) in [6.07, 6.45) is 11.9. The summed E-state index contributed by atoms with van der Waals surface area (Å²) in [7, 11) is 0. The first-order chi connectivity index (χ1) is 9.56. The number of fused-ring (bicyclic) bond motifs is 4. The first kappa shape index (κ1) is 12.9. The Bertz CT molecular complexity index is 520. The first-order valence-corrected chi connectivity index (χ1v) is 8.52. The third kappa shape index (κ3) is 1.78. The summed E-state index contributed by atoms with van der Waals surface area (Å²) in [5, 5.41) is 0. The third-order valence-electron chi connectivity index (χ3n) is 6.70. The van der Waals surface area contributed by atoms with Crippen LogP contribution in [0.4, 0.5) is 0 Å². The SMILES string of the molecule is CC1(C)CCC2=C1CC[C@@H]1[C@@H]3CCC(=O)C=C3CC[C@H]21. The fourth-order valence-electron chi connectivity index (χ4n) is 5.67. The van der Waals surface area contributed by atoms with E-state index in [1.54, 1.807) is 0 Å². The summed E-state index contributed by atoms with van der Waals surface area (Å²) in [5.74, 6) is 2.84. The smallest absolute Gasteiger partial charge is 0.155 e. The largest absolute Gasteiger partial charge is 0.295 e. The standard InChI is InChI=1S/C19H26O/c1-19(2)10-9-17-16-5-3-12-11-13(20)4-6-14(12)15(16)7-8-18(17)19/h11,14-16H,3-10H2,1-2H3/t14-,15-,16+/m1/s1. The van der Waals surface area contributed by atoms with Gasteiger partial charge in [-0.15, -0.1) is 0 Å². The Morgan fingerprint density at radius 3 is 2.65 bits per heavy atom. The van der Waals surface area contributed by atoms with Gasteiger partial charge in [-0.1, -0.05) is 30.6 Å². The molecular weight excluding hydrogens is 244 g/mol. The number of rotatable bonds is 0. The van der Waals surface area contributed by atoms with Crippen molar-refractivity contribution < 1.29 is 4.79 Å². The molecule has 1 nitrogen and oxygen atoms in total. The molecule has 1 saturated carbocycles. The Balaban J connectivity index is 1.67. The van der Waals surface area contributed by atoms with Gasteiger partial charge in [0.25, 0.3) is 0 Å². The number of allylic oxidation sites excluding steroid dienone is 4. The van der Waals surface area contributed by atoms with E-state index in [1.807, 2.05) is 17.2 Å². The van der Waals surface area contributed by atoms with Crippen LogP contribution in [-0.4, -0.2) is 5.78 Å². The van der Waals surface area contributed by atoms with E-state index in [0.717, 1.165) is 30.6 Å². The molecule has 4 aliphatic rings. The molecule has 0 saturated heterocycles. The number of ketones is 1. The van der Waals surface area contributed by atoms with E-state index in [9.17, 15) is 4.79 Å². The van der Waals surface area contributed by atoms with E-state index in [0.29, 0.717) is 11.2 Å². The summed E-state index contributed by atoms with van der Waals surface area (Å²) >= 11 is 0. The highest BCUT2D eigenvalue weighted by Crippen LogP contribution is 2.58. The molecule has 0 aromatic heterocycles. The molecule has 0 aromatic carbocycles. The molecule has 1 fully saturated rings. The molecule has 0 aliphatic heterocycles. The van der Waals surface area contributed by atoms with Crippen molar-refractivity contribution >= 4 is 5.78 Å². The van der Waals surface area contributed by atoms with E-state index in [4.69, 9.17) is 0 Å². The zero-order chi connectivity index (χ0) is 13.9. The molecular formula is C19H26O. The lowest BCUT2D eigenvalue weighted by atomic mass is 9.59. The van der Waals surface area contributed by atoms with Crippen molar-refractivity contribution in [3.63, 3.8) is 0 Å². The van der Waals surface area contributed by atoms with Crippen molar-refractivity contribution in [2.45, 2.75) is 65.2 Å². The fourth-order valence-corrected chi connectivity index (χ4v) is 5.67. The van der Waals surface area contributed by atoms with Gasteiger partial charge in [0.1, 0.15) is 0 Å². The molecule has 4 aliphatic carbocycles. The van der Waals surface area contributed by atoms with E-state index < -0.39 is 0 Å². The average Bonchev–Trinajstić information content (AvgIpc) is 2.74. The van der Waals surface area contributed by atoms with Crippen LogP contribution < -0.4 is 0 Å². The van der Waals surface area contributed by atoms with E-state index in [2.05, 4.69) is 13.8 Å². The quantitative estimate of drug-likeness (QED) is 0.576. The minimum atomic E-state index is 0.382. The molecule has 0 heterocycles. The van der Waals surface area contributed by atoms with Crippen molar-refractivity contribution in [1.29, 1.82) is 0 Å². The van der Waals surface area contributed by atoms with E-state index in [-0.39, 0.29) is 0 Å². The van der Waals surface area contributed by atoms with Gasteiger partial charge in [0.2, 0.25) is 0 Å². The van der Waals surface area contributed by atoms with E-state index in [1.165, 1.54) is 44.1 Å². The fraction of sp³-hybridized carbons (Fsp3) is 0.737. The van der Waals surface area contributed by atoms with Crippen molar-refractivity contribution in [2.75, 3.05) is 0 Å². The zero-order valence-electron chi connectivity index (χ0n) is 12.9. The second-order valence-electron chi connectivity index (χ2n) is 8.07. The average molecular weight is 270 g/mol. The molecule has 4 rings (SSSR count). The molecule has 3 atom stereocenters. The van der Waals surface area contributed by atoms with Crippen LogP contribution >= 0.6 is 0 Å². The maximum Gasteiger partial charge on any atom is 0.155 e. The maximum atomic E-state index is 11.7. The topological polar surface area (TPSA) is 17.1 Å². The highest BCUT2D eigenvalue weighted by Gasteiger charge is 2.46. The molecule has 0 amide bonds. The second-order valence-corrected chi connectivity index (χ2v) is 8.07.